The molecule has 1 fully saturated rings. The van der Waals surface area contributed by atoms with Crippen molar-refractivity contribution in [3.8, 4) is 5.88 Å². The number of nitrogens with zero attached hydrogens (tertiary/aromatic N) is 1. The van der Waals surface area contributed by atoms with Gasteiger partial charge in [-0.15, -0.1) is 0 Å². The van der Waals surface area contributed by atoms with Gasteiger partial charge in [0.05, 0.1) is 18.7 Å². The third-order valence-electron chi connectivity index (χ3n) is 3.97. The Morgan fingerprint density at radius 1 is 1.42 bits per heavy atom. The van der Waals surface area contributed by atoms with Crippen molar-refractivity contribution in [2.24, 2.45) is 0 Å². The summed E-state index contributed by atoms with van der Waals surface area (Å²) in [5.74, 6) is -0.947. The van der Waals surface area contributed by atoms with E-state index in [0.29, 0.717) is 25.3 Å². The molecular formula is C18H18ClFN2O4. The molecule has 0 saturated carbocycles. The van der Waals surface area contributed by atoms with Crippen molar-refractivity contribution in [3.05, 3.63) is 58.5 Å². The largest absolute Gasteiger partial charge is 0.469 e. The van der Waals surface area contributed by atoms with Crippen molar-refractivity contribution < 1.29 is 23.4 Å². The molecule has 2 heterocycles. The smallest absolute Gasteiger partial charge is 0.343 e. The Morgan fingerprint density at radius 2 is 2.27 bits per heavy atom. The number of benzene rings is 1. The minimum absolute atomic E-state index is 0.0377. The van der Waals surface area contributed by atoms with Gasteiger partial charge in [0, 0.05) is 19.3 Å². The maximum atomic E-state index is 13.9. The van der Waals surface area contributed by atoms with Crippen molar-refractivity contribution in [1.29, 1.82) is 0 Å². The van der Waals surface area contributed by atoms with E-state index in [1.165, 1.54) is 25.4 Å². The minimum atomic E-state index is -0.552. The fraction of sp³-hybridized carbons (Fsp3) is 0.333. The van der Waals surface area contributed by atoms with Crippen molar-refractivity contribution in [2.75, 3.05) is 26.8 Å². The molecule has 8 heteroatoms. The van der Waals surface area contributed by atoms with Crippen LogP contribution in [0.2, 0.25) is 5.02 Å². The summed E-state index contributed by atoms with van der Waals surface area (Å²) in [6.07, 6.45) is 0.435. The summed E-state index contributed by atoms with van der Waals surface area (Å²) >= 11 is 5.77. The number of rotatable bonds is 4. The van der Waals surface area contributed by atoms with Gasteiger partial charge < -0.3 is 19.5 Å². The second kappa shape index (κ2) is 8.44. The quantitative estimate of drug-likeness (QED) is 0.822. The molecule has 26 heavy (non-hydrogen) atoms. The molecule has 1 aromatic heterocycles. The standard InChI is InChI=1S/C18H18ClFN2O4/c1-24-18(23)12-3-2-6-22-17(12)26-15-10-21-7-8-25-16(15)11-4-5-13(19)14(20)9-11/h2-6,9,15-16,21H,7-8,10H2,1H3/t15-,16?/m0/s1. The van der Waals surface area contributed by atoms with Gasteiger partial charge in [0.1, 0.15) is 23.6 Å². The van der Waals surface area contributed by atoms with E-state index < -0.39 is 24.0 Å². The number of carbonyl (C=O) groups is 1. The number of aromatic nitrogens is 1. The Hall–Kier alpha value is -2.22. The molecule has 6 nitrogen and oxygen atoms in total. The molecule has 2 aromatic rings. The Balaban J connectivity index is 1.90. The van der Waals surface area contributed by atoms with E-state index in [1.54, 1.807) is 18.2 Å². The molecular weight excluding hydrogens is 363 g/mol. The Kier molecular flexibility index (Phi) is 6.03. The van der Waals surface area contributed by atoms with Gasteiger partial charge in [0.25, 0.3) is 0 Å². The maximum Gasteiger partial charge on any atom is 0.343 e. The summed E-state index contributed by atoms with van der Waals surface area (Å²) in [7, 11) is 1.29. The predicted octanol–water partition coefficient (Wildman–Crippen LogP) is 2.77. The molecule has 138 valence electrons. The van der Waals surface area contributed by atoms with E-state index in [9.17, 15) is 9.18 Å². The minimum Gasteiger partial charge on any atom is -0.469 e. The average molecular weight is 381 g/mol. The first-order valence-electron chi connectivity index (χ1n) is 8.07. The van der Waals surface area contributed by atoms with Crippen LogP contribution in [0.5, 0.6) is 5.88 Å². The Bertz CT molecular complexity index is 790. The van der Waals surface area contributed by atoms with Crippen molar-refractivity contribution in [3.63, 3.8) is 0 Å². The Labute approximate surface area is 155 Å². The lowest BCUT2D eigenvalue weighted by atomic mass is 10.0. The summed E-state index contributed by atoms with van der Waals surface area (Å²) in [5, 5.41) is 3.23. The van der Waals surface area contributed by atoms with Crippen molar-refractivity contribution in [2.45, 2.75) is 12.2 Å². The first-order chi connectivity index (χ1) is 12.6. The second-order valence-electron chi connectivity index (χ2n) is 5.67. The fourth-order valence-corrected chi connectivity index (χ4v) is 2.83. The molecule has 1 aliphatic heterocycles. The molecule has 1 saturated heterocycles. The lowest BCUT2D eigenvalue weighted by molar-refractivity contribution is -0.0108. The van der Waals surface area contributed by atoms with Crippen LogP contribution in [0, 0.1) is 5.82 Å². The monoisotopic (exact) mass is 380 g/mol. The molecule has 1 N–H and O–H groups in total. The summed E-state index contributed by atoms with van der Waals surface area (Å²) in [4.78, 5) is 16.1. The van der Waals surface area contributed by atoms with Crippen LogP contribution in [-0.4, -0.2) is 43.9 Å². The van der Waals surface area contributed by atoms with Gasteiger partial charge in [-0.25, -0.2) is 14.2 Å². The zero-order chi connectivity index (χ0) is 18.5. The van der Waals surface area contributed by atoms with E-state index in [1.807, 2.05) is 0 Å². The predicted molar refractivity (Wildman–Crippen MR) is 93.0 cm³/mol. The number of esters is 1. The molecule has 1 aromatic carbocycles. The highest BCUT2D eigenvalue weighted by Crippen LogP contribution is 2.29. The van der Waals surface area contributed by atoms with E-state index in [4.69, 9.17) is 25.8 Å². The normalized spacial score (nSPS) is 20.3. The van der Waals surface area contributed by atoms with Gasteiger partial charge >= 0.3 is 5.97 Å². The molecule has 0 radical (unpaired) electrons. The van der Waals surface area contributed by atoms with Crippen LogP contribution in [-0.2, 0) is 9.47 Å². The number of ether oxygens (including phenoxy) is 3. The maximum absolute atomic E-state index is 13.9. The lowest BCUT2D eigenvalue weighted by Gasteiger charge is -2.26. The van der Waals surface area contributed by atoms with E-state index in [0.717, 1.165) is 0 Å². The highest BCUT2D eigenvalue weighted by Gasteiger charge is 2.30. The van der Waals surface area contributed by atoms with Crippen LogP contribution in [0.4, 0.5) is 4.39 Å². The van der Waals surface area contributed by atoms with Gasteiger partial charge in [0.15, 0.2) is 0 Å². The molecule has 1 aliphatic rings. The van der Waals surface area contributed by atoms with Crippen molar-refractivity contribution in [1.82, 2.24) is 10.3 Å². The number of halogens is 2. The third-order valence-corrected chi connectivity index (χ3v) is 4.28. The number of carbonyl (C=O) groups excluding carboxylic acids is 1. The molecule has 0 aliphatic carbocycles. The van der Waals surface area contributed by atoms with Gasteiger partial charge in [-0.3, -0.25) is 0 Å². The highest BCUT2D eigenvalue weighted by molar-refractivity contribution is 6.30. The van der Waals surface area contributed by atoms with Crippen LogP contribution >= 0.6 is 11.6 Å². The molecule has 3 rings (SSSR count). The van der Waals surface area contributed by atoms with Crippen LogP contribution in [0.25, 0.3) is 0 Å². The zero-order valence-corrected chi connectivity index (χ0v) is 14.8. The van der Waals surface area contributed by atoms with Crippen LogP contribution in [0.1, 0.15) is 22.0 Å². The van der Waals surface area contributed by atoms with E-state index in [2.05, 4.69) is 10.3 Å². The summed E-state index contributed by atoms with van der Waals surface area (Å²) in [6, 6.07) is 7.68. The zero-order valence-electron chi connectivity index (χ0n) is 14.1. The van der Waals surface area contributed by atoms with Gasteiger partial charge in [0.2, 0.25) is 5.88 Å². The molecule has 0 spiro atoms. The molecule has 1 unspecified atom stereocenters. The van der Waals surface area contributed by atoms with Crippen LogP contribution in [0.15, 0.2) is 36.5 Å². The lowest BCUT2D eigenvalue weighted by Crippen LogP contribution is -2.35. The van der Waals surface area contributed by atoms with E-state index >= 15 is 0 Å². The number of nitrogens with one attached hydrogen (secondary N) is 1. The second-order valence-corrected chi connectivity index (χ2v) is 6.08. The summed E-state index contributed by atoms with van der Waals surface area (Å²) < 4.78 is 30.5. The summed E-state index contributed by atoms with van der Waals surface area (Å²) in [6.45, 7) is 1.49. The van der Waals surface area contributed by atoms with Gasteiger partial charge in [-0.2, -0.15) is 0 Å². The molecule has 0 bridgehead atoms. The number of hydrogen-bond acceptors (Lipinski definition) is 6. The molecule has 2 atom stereocenters. The number of pyridine rings is 1. The van der Waals surface area contributed by atoms with Crippen molar-refractivity contribution >= 4 is 17.6 Å². The highest BCUT2D eigenvalue weighted by atomic mass is 35.5. The van der Waals surface area contributed by atoms with E-state index in [-0.39, 0.29) is 16.5 Å². The van der Waals surface area contributed by atoms with Gasteiger partial charge in [-0.1, -0.05) is 17.7 Å². The fourth-order valence-electron chi connectivity index (χ4n) is 2.71. The Morgan fingerprint density at radius 3 is 3.04 bits per heavy atom. The summed E-state index contributed by atoms with van der Waals surface area (Å²) in [5.41, 5.74) is 0.802. The van der Waals surface area contributed by atoms with Crippen LogP contribution in [0.3, 0.4) is 0 Å². The number of methoxy groups -OCH3 is 1. The van der Waals surface area contributed by atoms with Crippen LogP contribution < -0.4 is 10.1 Å². The molecule has 0 amide bonds. The third kappa shape index (κ3) is 4.12. The SMILES string of the molecule is COC(=O)c1cccnc1O[C@H]1CNCCOC1c1ccc(Cl)c(F)c1. The first-order valence-corrected chi connectivity index (χ1v) is 8.45. The topological polar surface area (TPSA) is 69.7 Å². The first kappa shape index (κ1) is 18.6. The number of hydrogen-bond donors (Lipinski definition) is 1. The van der Waals surface area contributed by atoms with Gasteiger partial charge in [-0.05, 0) is 29.8 Å². The average Bonchev–Trinajstić information content (AvgIpc) is 2.89.